The molecule has 4 nitrogen and oxygen atoms in total. The van der Waals surface area contributed by atoms with Gasteiger partial charge < -0.3 is 14.4 Å². The first-order chi connectivity index (χ1) is 9.36. The summed E-state index contributed by atoms with van der Waals surface area (Å²) in [5.74, 6) is 0. The zero-order valence-electron chi connectivity index (χ0n) is 12.7. The highest BCUT2D eigenvalue weighted by atomic mass is 16.6. The Balaban J connectivity index is 2.12. The molecule has 0 spiro atoms. The monoisotopic (exact) mass is 277 g/mol. The Bertz CT molecular complexity index is 466. The van der Waals surface area contributed by atoms with Crippen molar-refractivity contribution in [1.82, 2.24) is 4.90 Å². The van der Waals surface area contributed by atoms with Gasteiger partial charge in [0.15, 0.2) is 0 Å². The first-order valence-electron chi connectivity index (χ1n) is 6.95. The summed E-state index contributed by atoms with van der Waals surface area (Å²) in [5, 5.41) is 0. The van der Waals surface area contributed by atoms with Crippen LogP contribution in [0.15, 0.2) is 30.3 Å². The first-order valence-corrected chi connectivity index (χ1v) is 6.95. The number of methoxy groups -OCH3 is 1. The van der Waals surface area contributed by atoms with Crippen LogP contribution in [0.2, 0.25) is 0 Å². The number of likely N-dealkylation sites (tertiary alicyclic amines) is 1. The second-order valence-corrected chi connectivity index (χ2v) is 6.22. The number of benzene rings is 1. The number of carbonyl (C=O) groups is 1. The number of hydrogen-bond donors (Lipinski definition) is 0. The van der Waals surface area contributed by atoms with E-state index in [1.165, 1.54) is 0 Å². The van der Waals surface area contributed by atoms with Gasteiger partial charge in [0, 0.05) is 20.1 Å². The zero-order chi connectivity index (χ0) is 14.8. The molecule has 110 valence electrons. The van der Waals surface area contributed by atoms with Crippen LogP contribution < -0.4 is 0 Å². The second-order valence-electron chi connectivity index (χ2n) is 6.22. The summed E-state index contributed by atoms with van der Waals surface area (Å²) in [4.78, 5) is 13.9. The van der Waals surface area contributed by atoms with Gasteiger partial charge in [0.1, 0.15) is 11.2 Å². The molecule has 0 bridgehead atoms. The summed E-state index contributed by atoms with van der Waals surface area (Å²) >= 11 is 0. The molecule has 1 saturated heterocycles. The van der Waals surface area contributed by atoms with Gasteiger partial charge >= 0.3 is 6.09 Å². The van der Waals surface area contributed by atoms with Gasteiger partial charge in [0.25, 0.3) is 0 Å². The van der Waals surface area contributed by atoms with Crippen molar-refractivity contribution >= 4 is 6.09 Å². The molecule has 1 aliphatic heterocycles. The molecule has 0 aromatic heterocycles. The highest BCUT2D eigenvalue weighted by Crippen LogP contribution is 2.35. The molecule has 1 atom stereocenters. The Hall–Kier alpha value is -1.55. The van der Waals surface area contributed by atoms with E-state index in [1.54, 1.807) is 12.0 Å². The van der Waals surface area contributed by atoms with E-state index in [0.29, 0.717) is 13.1 Å². The topological polar surface area (TPSA) is 38.8 Å². The molecule has 0 N–H and O–H groups in total. The van der Waals surface area contributed by atoms with Gasteiger partial charge in [0.05, 0.1) is 6.54 Å². The smallest absolute Gasteiger partial charge is 0.410 e. The van der Waals surface area contributed by atoms with Crippen LogP contribution in [0.25, 0.3) is 0 Å². The van der Waals surface area contributed by atoms with Gasteiger partial charge in [-0.05, 0) is 26.3 Å². The Morgan fingerprint density at radius 1 is 1.25 bits per heavy atom. The van der Waals surface area contributed by atoms with E-state index in [1.807, 2.05) is 51.1 Å². The van der Waals surface area contributed by atoms with Crippen LogP contribution in [-0.2, 0) is 15.1 Å². The molecule has 1 amide bonds. The lowest BCUT2D eigenvalue weighted by Crippen LogP contribution is -2.38. The van der Waals surface area contributed by atoms with E-state index < -0.39 is 11.2 Å². The van der Waals surface area contributed by atoms with Crippen LogP contribution in [0.1, 0.15) is 32.8 Å². The predicted octanol–water partition coefficient (Wildman–Crippen LogP) is 3.17. The lowest BCUT2D eigenvalue weighted by molar-refractivity contribution is -0.0130. The maximum atomic E-state index is 12.1. The maximum absolute atomic E-state index is 12.1. The van der Waals surface area contributed by atoms with Gasteiger partial charge in [-0.25, -0.2) is 4.79 Å². The molecule has 1 aromatic carbocycles. The minimum atomic E-state index is -0.470. The number of rotatable bonds is 2. The van der Waals surface area contributed by atoms with Gasteiger partial charge in [-0.2, -0.15) is 0 Å². The average molecular weight is 277 g/mol. The van der Waals surface area contributed by atoms with Crippen molar-refractivity contribution < 1.29 is 14.3 Å². The summed E-state index contributed by atoms with van der Waals surface area (Å²) in [6, 6.07) is 10.1. The molecular weight excluding hydrogens is 254 g/mol. The third kappa shape index (κ3) is 3.12. The third-order valence-electron chi connectivity index (χ3n) is 3.57. The number of nitrogens with zero attached hydrogens (tertiary/aromatic N) is 1. The van der Waals surface area contributed by atoms with Crippen LogP contribution >= 0.6 is 0 Å². The van der Waals surface area contributed by atoms with E-state index in [9.17, 15) is 4.79 Å². The fourth-order valence-electron chi connectivity index (χ4n) is 2.53. The van der Waals surface area contributed by atoms with Gasteiger partial charge in [-0.15, -0.1) is 0 Å². The van der Waals surface area contributed by atoms with Crippen molar-refractivity contribution in [3.8, 4) is 0 Å². The molecule has 1 unspecified atom stereocenters. The van der Waals surface area contributed by atoms with Crippen LogP contribution in [0.5, 0.6) is 0 Å². The minimum absolute atomic E-state index is 0.271. The van der Waals surface area contributed by atoms with Crippen molar-refractivity contribution in [2.75, 3.05) is 20.2 Å². The summed E-state index contributed by atoms with van der Waals surface area (Å²) < 4.78 is 11.2. The minimum Gasteiger partial charge on any atom is -0.444 e. The van der Waals surface area contributed by atoms with Crippen molar-refractivity contribution in [3.05, 3.63) is 35.9 Å². The summed E-state index contributed by atoms with van der Waals surface area (Å²) in [7, 11) is 1.70. The lowest BCUT2D eigenvalue weighted by Gasteiger charge is -2.29. The second kappa shape index (κ2) is 5.44. The molecule has 1 fully saturated rings. The Morgan fingerprint density at radius 3 is 2.45 bits per heavy atom. The Morgan fingerprint density at radius 2 is 1.90 bits per heavy atom. The van der Waals surface area contributed by atoms with E-state index in [0.717, 1.165) is 12.0 Å². The highest BCUT2D eigenvalue weighted by molar-refractivity contribution is 5.68. The van der Waals surface area contributed by atoms with E-state index in [2.05, 4.69) is 0 Å². The zero-order valence-corrected chi connectivity index (χ0v) is 12.7. The van der Waals surface area contributed by atoms with Gasteiger partial charge in [-0.1, -0.05) is 30.3 Å². The number of amides is 1. The standard InChI is InChI=1S/C16H23NO3/c1-15(2,3)20-14(18)17-11-10-16(12-17,19-4)13-8-6-5-7-9-13/h5-9H,10-12H2,1-4H3. The Kier molecular flexibility index (Phi) is 4.04. The molecule has 0 saturated carbocycles. The predicted molar refractivity (Wildman–Crippen MR) is 77.6 cm³/mol. The maximum Gasteiger partial charge on any atom is 0.410 e. The first kappa shape index (κ1) is 14.9. The summed E-state index contributed by atoms with van der Waals surface area (Å²) in [6.07, 6.45) is 0.514. The number of carbonyl (C=O) groups excluding carboxylic acids is 1. The van der Waals surface area contributed by atoms with Crippen molar-refractivity contribution in [2.24, 2.45) is 0 Å². The number of hydrogen-bond acceptors (Lipinski definition) is 3. The number of ether oxygens (including phenoxy) is 2. The molecule has 1 heterocycles. The highest BCUT2D eigenvalue weighted by Gasteiger charge is 2.42. The molecule has 20 heavy (non-hydrogen) atoms. The summed E-state index contributed by atoms with van der Waals surface area (Å²) in [6.45, 7) is 6.81. The van der Waals surface area contributed by atoms with Crippen LogP contribution in [0.4, 0.5) is 4.79 Å². The fourth-order valence-corrected chi connectivity index (χ4v) is 2.53. The molecule has 2 rings (SSSR count). The third-order valence-corrected chi connectivity index (χ3v) is 3.57. The van der Waals surface area contributed by atoms with Crippen molar-refractivity contribution in [3.63, 3.8) is 0 Å². The van der Waals surface area contributed by atoms with E-state index >= 15 is 0 Å². The van der Waals surface area contributed by atoms with Gasteiger partial charge in [0.2, 0.25) is 0 Å². The SMILES string of the molecule is COC1(c2ccccc2)CCN(C(=O)OC(C)(C)C)C1. The largest absolute Gasteiger partial charge is 0.444 e. The van der Waals surface area contributed by atoms with Crippen LogP contribution in [0, 0.1) is 0 Å². The normalized spacial score (nSPS) is 22.9. The quantitative estimate of drug-likeness (QED) is 0.833. The average Bonchev–Trinajstić information content (AvgIpc) is 2.84. The molecule has 4 heteroatoms. The Labute approximate surface area is 120 Å². The van der Waals surface area contributed by atoms with Crippen molar-refractivity contribution in [1.29, 1.82) is 0 Å². The van der Waals surface area contributed by atoms with Crippen molar-refractivity contribution in [2.45, 2.75) is 38.4 Å². The molecule has 1 aliphatic rings. The van der Waals surface area contributed by atoms with E-state index in [4.69, 9.17) is 9.47 Å². The molecular formula is C16H23NO3. The van der Waals surface area contributed by atoms with Crippen LogP contribution in [0.3, 0.4) is 0 Å². The lowest BCUT2D eigenvalue weighted by atomic mass is 9.93. The molecule has 0 aliphatic carbocycles. The van der Waals surface area contributed by atoms with E-state index in [-0.39, 0.29) is 6.09 Å². The van der Waals surface area contributed by atoms with Gasteiger partial charge in [-0.3, -0.25) is 0 Å². The molecule has 0 radical (unpaired) electrons. The fraction of sp³-hybridized carbons (Fsp3) is 0.562. The summed E-state index contributed by atoms with van der Waals surface area (Å²) in [5.41, 5.74) is 0.217. The molecule has 1 aromatic rings. The van der Waals surface area contributed by atoms with Crippen LogP contribution in [-0.4, -0.2) is 36.8 Å².